The highest BCUT2D eigenvalue weighted by Crippen LogP contribution is 2.26. The molecule has 1 saturated heterocycles. The number of carbonyl (C=O) groups is 2. The first-order valence-electron chi connectivity index (χ1n) is 10.8. The highest BCUT2D eigenvalue weighted by atomic mass is 19.1. The highest BCUT2D eigenvalue weighted by Gasteiger charge is 2.27. The normalized spacial score (nSPS) is 15.9. The van der Waals surface area contributed by atoms with Crippen LogP contribution in [0.15, 0.2) is 48.5 Å². The average molecular weight is 427 g/mol. The molecule has 0 spiro atoms. The van der Waals surface area contributed by atoms with Gasteiger partial charge in [-0.15, -0.1) is 0 Å². The molecule has 0 bridgehead atoms. The maximum absolute atomic E-state index is 14.0. The molecular weight excluding hydrogens is 395 g/mol. The van der Waals surface area contributed by atoms with E-state index in [1.165, 1.54) is 12.1 Å². The minimum absolute atomic E-state index is 0.00831. The Hall–Kier alpha value is -2.89. The van der Waals surface area contributed by atoms with Gasteiger partial charge in [-0.2, -0.15) is 0 Å². The lowest BCUT2D eigenvalue weighted by molar-refractivity contribution is -0.137. The van der Waals surface area contributed by atoms with Crippen molar-refractivity contribution in [2.24, 2.45) is 0 Å². The minimum Gasteiger partial charge on any atom is -0.481 e. The summed E-state index contributed by atoms with van der Waals surface area (Å²) in [6, 6.07) is 13.8. The maximum atomic E-state index is 14.0. The zero-order chi connectivity index (χ0) is 22.6. The van der Waals surface area contributed by atoms with E-state index in [1.807, 2.05) is 18.2 Å². The second-order valence-corrected chi connectivity index (χ2v) is 8.99. The van der Waals surface area contributed by atoms with Crippen LogP contribution in [-0.2, 0) is 10.2 Å². The third kappa shape index (κ3) is 5.63. The van der Waals surface area contributed by atoms with Gasteiger partial charge in [0.1, 0.15) is 11.6 Å². The highest BCUT2D eigenvalue weighted by molar-refractivity contribution is 5.94. The third-order valence-corrected chi connectivity index (χ3v) is 5.56. The molecule has 0 N–H and O–H groups in total. The summed E-state index contributed by atoms with van der Waals surface area (Å²) in [6.07, 6.45) is 0.00192. The van der Waals surface area contributed by atoms with E-state index in [0.29, 0.717) is 38.3 Å². The Labute approximate surface area is 183 Å². The van der Waals surface area contributed by atoms with Crippen LogP contribution < -0.4 is 4.74 Å². The summed E-state index contributed by atoms with van der Waals surface area (Å²) < 4.78 is 19.9. The molecule has 2 amide bonds. The first-order chi connectivity index (χ1) is 14.7. The molecule has 0 aromatic heterocycles. The summed E-state index contributed by atoms with van der Waals surface area (Å²) in [6.45, 7) is 9.93. The Morgan fingerprint density at radius 1 is 0.968 bits per heavy atom. The number of amides is 2. The summed E-state index contributed by atoms with van der Waals surface area (Å²) in [5.41, 5.74) is 1.20. The molecule has 5 nitrogen and oxygen atoms in total. The van der Waals surface area contributed by atoms with Crippen molar-refractivity contribution in [3.8, 4) is 5.75 Å². The topological polar surface area (TPSA) is 49.9 Å². The molecule has 1 atom stereocenters. The fourth-order valence-corrected chi connectivity index (χ4v) is 3.69. The zero-order valence-corrected chi connectivity index (χ0v) is 18.7. The number of hydrogen-bond donors (Lipinski definition) is 0. The van der Waals surface area contributed by atoms with Crippen molar-refractivity contribution in [2.45, 2.75) is 45.6 Å². The molecule has 1 aliphatic heterocycles. The van der Waals surface area contributed by atoms with Gasteiger partial charge in [-0.3, -0.25) is 9.59 Å². The largest absolute Gasteiger partial charge is 0.481 e. The number of hydrogen-bond acceptors (Lipinski definition) is 3. The minimum atomic E-state index is -0.635. The SMILES string of the molecule is CC(Oc1cccc(C(C)(C)C)c1)C(=O)N1CCCN(C(=O)c2ccccc2F)CC1. The quantitative estimate of drug-likeness (QED) is 0.734. The van der Waals surface area contributed by atoms with Crippen LogP contribution in [0.1, 0.15) is 50.0 Å². The third-order valence-electron chi connectivity index (χ3n) is 5.56. The van der Waals surface area contributed by atoms with Crippen molar-refractivity contribution >= 4 is 11.8 Å². The molecule has 0 aliphatic carbocycles. The Morgan fingerprint density at radius 3 is 2.35 bits per heavy atom. The molecule has 1 unspecified atom stereocenters. The molecule has 1 aliphatic rings. The molecular formula is C25H31FN2O3. The van der Waals surface area contributed by atoms with Crippen LogP contribution in [0.4, 0.5) is 4.39 Å². The monoisotopic (exact) mass is 426 g/mol. The van der Waals surface area contributed by atoms with Crippen LogP contribution in [0.2, 0.25) is 0 Å². The van der Waals surface area contributed by atoms with E-state index < -0.39 is 11.9 Å². The van der Waals surface area contributed by atoms with Crippen molar-refractivity contribution in [3.63, 3.8) is 0 Å². The molecule has 1 fully saturated rings. The Morgan fingerprint density at radius 2 is 1.65 bits per heavy atom. The van der Waals surface area contributed by atoms with Crippen molar-refractivity contribution in [3.05, 3.63) is 65.5 Å². The lowest BCUT2D eigenvalue weighted by atomic mass is 9.87. The van der Waals surface area contributed by atoms with Crippen molar-refractivity contribution in [1.82, 2.24) is 9.80 Å². The smallest absolute Gasteiger partial charge is 0.263 e. The summed E-state index contributed by atoms with van der Waals surface area (Å²) in [5.74, 6) is -0.305. The molecule has 2 aromatic carbocycles. The molecule has 1 heterocycles. The number of ether oxygens (including phenoxy) is 1. The number of nitrogens with zero attached hydrogens (tertiary/aromatic N) is 2. The summed E-state index contributed by atoms with van der Waals surface area (Å²) in [7, 11) is 0. The number of benzene rings is 2. The van der Waals surface area contributed by atoms with Gasteiger partial charge in [0.05, 0.1) is 5.56 Å². The maximum Gasteiger partial charge on any atom is 0.263 e. The van der Waals surface area contributed by atoms with Crippen LogP contribution in [0.5, 0.6) is 5.75 Å². The van der Waals surface area contributed by atoms with Gasteiger partial charge in [0.2, 0.25) is 0 Å². The van der Waals surface area contributed by atoms with E-state index in [9.17, 15) is 14.0 Å². The van der Waals surface area contributed by atoms with Gasteiger partial charge < -0.3 is 14.5 Å². The Balaban J connectivity index is 1.61. The first-order valence-corrected chi connectivity index (χ1v) is 10.8. The Bertz CT molecular complexity index is 938. The van der Waals surface area contributed by atoms with Crippen molar-refractivity contribution < 1.29 is 18.7 Å². The summed E-state index contributed by atoms with van der Waals surface area (Å²) >= 11 is 0. The molecule has 2 aromatic rings. The van der Waals surface area contributed by atoms with Crippen LogP contribution in [0, 0.1) is 5.82 Å². The second-order valence-electron chi connectivity index (χ2n) is 8.99. The summed E-state index contributed by atoms with van der Waals surface area (Å²) in [5, 5.41) is 0. The lowest BCUT2D eigenvalue weighted by Gasteiger charge is -2.26. The van der Waals surface area contributed by atoms with Crippen LogP contribution in [-0.4, -0.2) is 53.9 Å². The molecule has 31 heavy (non-hydrogen) atoms. The van der Waals surface area contributed by atoms with Crippen molar-refractivity contribution in [2.75, 3.05) is 26.2 Å². The van der Waals surface area contributed by atoms with E-state index in [0.717, 1.165) is 5.56 Å². The molecule has 166 valence electrons. The Kier molecular flexibility index (Phi) is 6.98. The predicted octanol–water partition coefficient (Wildman–Crippen LogP) is 4.27. The average Bonchev–Trinajstić information content (AvgIpc) is 2.99. The van der Waals surface area contributed by atoms with Gasteiger partial charge in [-0.25, -0.2) is 4.39 Å². The van der Waals surface area contributed by atoms with Gasteiger partial charge in [0.25, 0.3) is 11.8 Å². The number of rotatable bonds is 4. The fraction of sp³-hybridized carbons (Fsp3) is 0.440. The molecule has 3 rings (SSSR count). The van der Waals surface area contributed by atoms with Crippen LogP contribution >= 0.6 is 0 Å². The van der Waals surface area contributed by atoms with Gasteiger partial charge in [0, 0.05) is 26.2 Å². The first kappa shape index (κ1) is 22.8. The van der Waals surface area contributed by atoms with Gasteiger partial charge in [-0.05, 0) is 48.6 Å². The van der Waals surface area contributed by atoms with E-state index in [-0.39, 0.29) is 22.8 Å². The number of carbonyl (C=O) groups excluding carboxylic acids is 2. The van der Waals surface area contributed by atoms with Crippen LogP contribution in [0.3, 0.4) is 0 Å². The van der Waals surface area contributed by atoms with Gasteiger partial charge in [0.15, 0.2) is 6.10 Å². The van der Waals surface area contributed by atoms with Gasteiger partial charge >= 0.3 is 0 Å². The van der Waals surface area contributed by atoms with Gasteiger partial charge in [-0.1, -0.05) is 45.0 Å². The number of halogens is 1. The molecule has 6 heteroatoms. The second kappa shape index (κ2) is 9.50. The van der Waals surface area contributed by atoms with Crippen molar-refractivity contribution in [1.29, 1.82) is 0 Å². The molecule has 0 saturated carbocycles. The summed E-state index contributed by atoms with van der Waals surface area (Å²) in [4.78, 5) is 29.0. The van der Waals surface area contributed by atoms with E-state index in [1.54, 1.807) is 28.9 Å². The lowest BCUT2D eigenvalue weighted by Crippen LogP contribution is -2.43. The van der Waals surface area contributed by atoms with E-state index >= 15 is 0 Å². The standard InChI is InChI=1S/C25H31FN2O3/c1-18(31-20-10-7-9-19(17-20)25(2,3)4)23(29)27-13-8-14-28(16-15-27)24(30)21-11-5-6-12-22(21)26/h5-7,9-12,17-18H,8,13-16H2,1-4H3. The fourth-order valence-electron chi connectivity index (χ4n) is 3.69. The molecule has 0 radical (unpaired) electrons. The predicted molar refractivity (Wildman–Crippen MR) is 119 cm³/mol. The van der Waals surface area contributed by atoms with E-state index in [2.05, 4.69) is 26.8 Å². The van der Waals surface area contributed by atoms with E-state index in [4.69, 9.17) is 4.74 Å². The van der Waals surface area contributed by atoms with Crippen LogP contribution in [0.25, 0.3) is 0 Å². The zero-order valence-electron chi connectivity index (χ0n) is 18.7.